The second-order valence-electron chi connectivity index (χ2n) is 5.36. The zero-order valence-corrected chi connectivity index (χ0v) is 12.5. The van der Waals surface area contributed by atoms with Gasteiger partial charge in [-0.05, 0) is 45.0 Å². The third-order valence-electron chi connectivity index (χ3n) is 3.75. The zero-order chi connectivity index (χ0) is 14.4. The Bertz CT molecular complexity index is 425. The molecule has 4 heteroatoms. The van der Waals surface area contributed by atoms with E-state index in [2.05, 4.69) is 11.8 Å². The molecule has 1 fully saturated rings. The Morgan fingerprint density at radius 3 is 2.50 bits per heavy atom. The Kier molecular flexibility index (Phi) is 5.56. The summed E-state index contributed by atoms with van der Waals surface area (Å²) in [5.41, 5.74) is 2.16. The monoisotopic (exact) mass is 276 g/mol. The van der Waals surface area contributed by atoms with Crippen molar-refractivity contribution < 1.29 is 9.53 Å². The van der Waals surface area contributed by atoms with Gasteiger partial charge in [0.05, 0.1) is 0 Å². The summed E-state index contributed by atoms with van der Waals surface area (Å²) in [5.74, 6) is 0.0237. The van der Waals surface area contributed by atoms with Crippen LogP contribution >= 0.6 is 0 Å². The van der Waals surface area contributed by atoms with E-state index in [1.165, 1.54) is 18.4 Å². The third kappa shape index (κ3) is 4.05. The Labute approximate surface area is 121 Å². The minimum atomic E-state index is 0.0237. The average molecular weight is 276 g/mol. The molecule has 0 spiro atoms. The number of hydrogen-bond donors (Lipinski definition) is 0. The van der Waals surface area contributed by atoms with E-state index >= 15 is 0 Å². The predicted molar refractivity (Wildman–Crippen MR) is 81.1 cm³/mol. The lowest BCUT2D eigenvalue weighted by atomic mass is 10.2. The van der Waals surface area contributed by atoms with Crippen molar-refractivity contribution in [2.75, 3.05) is 44.8 Å². The molecule has 0 aliphatic carbocycles. The number of hydrogen-bond acceptors (Lipinski definition) is 3. The van der Waals surface area contributed by atoms with Crippen molar-refractivity contribution in [3.05, 3.63) is 29.8 Å². The Morgan fingerprint density at radius 2 is 1.90 bits per heavy atom. The number of methoxy groups -OCH3 is 1. The van der Waals surface area contributed by atoms with Gasteiger partial charge < -0.3 is 14.5 Å². The first-order valence-corrected chi connectivity index (χ1v) is 7.29. The van der Waals surface area contributed by atoms with Crippen molar-refractivity contribution in [2.45, 2.75) is 19.8 Å². The number of likely N-dealkylation sites (tertiary alicyclic amines) is 1. The van der Waals surface area contributed by atoms with E-state index in [9.17, 15) is 4.79 Å². The number of nitrogens with zero attached hydrogens (tertiary/aromatic N) is 2. The smallest absolute Gasteiger partial charge is 0.252 e. The predicted octanol–water partition coefficient (Wildman–Crippen LogP) is 2.07. The maximum Gasteiger partial charge on any atom is 0.252 e. The minimum absolute atomic E-state index is 0.0237. The number of rotatable bonds is 6. The summed E-state index contributed by atoms with van der Waals surface area (Å²) in [7, 11) is 1.56. The van der Waals surface area contributed by atoms with E-state index in [1.807, 2.05) is 29.2 Å². The molecular formula is C16H24N2O2. The van der Waals surface area contributed by atoms with Crippen molar-refractivity contribution in [3.63, 3.8) is 0 Å². The highest BCUT2D eigenvalue weighted by Gasteiger charge is 2.18. The Hall–Kier alpha value is -1.39. The molecule has 1 aromatic rings. The van der Waals surface area contributed by atoms with Crippen LogP contribution in [-0.4, -0.2) is 50.7 Å². The Morgan fingerprint density at radius 1 is 1.25 bits per heavy atom. The molecule has 0 aromatic heterocycles. The first-order chi connectivity index (χ1) is 9.70. The van der Waals surface area contributed by atoms with Crippen LogP contribution in [0.5, 0.6) is 0 Å². The van der Waals surface area contributed by atoms with Crippen LogP contribution in [0.15, 0.2) is 24.3 Å². The maximum absolute atomic E-state index is 12.2. The van der Waals surface area contributed by atoms with Gasteiger partial charge in [-0.25, -0.2) is 0 Å². The van der Waals surface area contributed by atoms with Gasteiger partial charge in [0.15, 0.2) is 0 Å². The summed E-state index contributed by atoms with van der Waals surface area (Å²) in [6, 6.07) is 8.09. The molecule has 2 rings (SSSR count). The van der Waals surface area contributed by atoms with Gasteiger partial charge in [0.25, 0.3) is 5.91 Å². The van der Waals surface area contributed by atoms with Crippen LogP contribution in [0.3, 0.4) is 0 Å². The van der Waals surface area contributed by atoms with E-state index in [1.54, 1.807) is 7.11 Å². The van der Waals surface area contributed by atoms with Gasteiger partial charge >= 0.3 is 0 Å². The van der Waals surface area contributed by atoms with Crippen molar-refractivity contribution in [1.82, 2.24) is 4.90 Å². The minimum Gasteiger partial charge on any atom is -0.375 e. The topological polar surface area (TPSA) is 32.8 Å². The van der Waals surface area contributed by atoms with Crippen LogP contribution in [-0.2, 0) is 9.53 Å². The number of aryl methyl sites for hydroxylation is 1. The average Bonchev–Trinajstić information content (AvgIpc) is 2.94. The van der Waals surface area contributed by atoms with E-state index in [-0.39, 0.29) is 12.5 Å². The summed E-state index contributed by atoms with van der Waals surface area (Å²) in [4.78, 5) is 16.5. The van der Waals surface area contributed by atoms with E-state index in [4.69, 9.17) is 4.74 Å². The van der Waals surface area contributed by atoms with Gasteiger partial charge in [-0.2, -0.15) is 0 Å². The van der Waals surface area contributed by atoms with Crippen LogP contribution in [0.2, 0.25) is 0 Å². The van der Waals surface area contributed by atoms with E-state index < -0.39 is 0 Å². The first kappa shape index (κ1) is 15.0. The lowest BCUT2D eigenvalue weighted by Crippen LogP contribution is -2.39. The fraction of sp³-hybridized carbons (Fsp3) is 0.562. The molecule has 1 aliphatic rings. The summed E-state index contributed by atoms with van der Waals surface area (Å²) < 4.78 is 5.00. The van der Waals surface area contributed by atoms with E-state index in [0.29, 0.717) is 0 Å². The van der Waals surface area contributed by atoms with Gasteiger partial charge in [-0.3, -0.25) is 4.79 Å². The highest BCUT2D eigenvalue weighted by molar-refractivity contribution is 5.94. The van der Waals surface area contributed by atoms with Crippen LogP contribution in [0.1, 0.15) is 18.4 Å². The van der Waals surface area contributed by atoms with Gasteiger partial charge in [-0.15, -0.1) is 0 Å². The molecule has 110 valence electrons. The van der Waals surface area contributed by atoms with Crippen LogP contribution in [0.25, 0.3) is 0 Å². The highest BCUT2D eigenvalue weighted by Crippen LogP contribution is 2.16. The largest absolute Gasteiger partial charge is 0.375 e. The molecule has 0 saturated carbocycles. The zero-order valence-electron chi connectivity index (χ0n) is 12.5. The lowest BCUT2D eigenvalue weighted by Gasteiger charge is -2.25. The molecule has 4 nitrogen and oxygen atoms in total. The molecule has 1 amide bonds. The molecule has 0 atom stereocenters. The summed E-state index contributed by atoms with van der Waals surface area (Å²) in [6.45, 7) is 6.15. The Balaban J connectivity index is 2.03. The first-order valence-electron chi connectivity index (χ1n) is 7.29. The van der Waals surface area contributed by atoms with Gasteiger partial charge in [0.1, 0.15) is 6.61 Å². The highest BCUT2D eigenvalue weighted by atomic mass is 16.5. The standard InChI is InChI=1S/C16H24N2O2/c1-14-5-7-15(8-6-14)18(16(19)13-20-2)12-11-17-9-3-4-10-17/h5-8H,3-4,9-13H2,1-2H3. The van der Waals surface area contributed by atoms with Crippen molar-refractivity contribution >= 4 is 11.6 Å². The molecule has 1 saturated heterocycles. The maximum atomic E-state index is 12.2. The second-order valence-corrected chi connectivity index (χ2v) is 5.36. The van der Waals surface area contributed by atoms with Crippen LogP contribution in [0.4, 0.5) is 5.69 Å². The molecule has 0 N–H and O–H groups in total. The molecule has 1 aromatic carbocycles. The van der Waals surface area contributed by atoms with Crippen molar-refractivity contribution in [1.29, 1.82) is 0 Å². The number of ether oxygens (including phenoxy) is 1. The molecular weight excluding hydrogens is 252 g/mol. The fourth-order valence-corrected chi connectivity index (χ4v) is 2.57. The molecule has 0 radical (unpaired) electrons. The molecule has 20 heavy (non-hydrogen) atoms. The summed E-state index contributed by atoms with van der Waals surface area (Å²) >= 11 is 0. The van der Waals surface area contributed by atoms with Crippen LogP contribution < -0.4 is 4.90 Å². The van der Waals surface area contributed by atoms with Gasteiger partial charge in [0.2, 0.25) is 0 Å². The normalized spacial score (nSPS) is 15.5. The van der Waals surface area contributed by atoms with Gasteiger partial charge in [-0.1, -0.05) is 17.7 Å². The summed E-state index contributed by atoms with van der Waals surface area (Å²) in [6.07, 6.45) is 2.55. The number of amides is 1. The SMILES string of the molecule is COCC(=O)N(CCN1CCCC1)c1ccc(C)cc1. The molecule has 0 unspecified atom stereocenters. The van der Waals surface area contributed by atoms with E-state index in [0.717, 1.165) is 31.9 Å². The van der Waals surface area contributed by atoms with Crippen molar-refractivity contribution in [3.8, 4) is 0 Å². The summed E-state index contributed by atoms with van der Waals surface area (Å²) in [5, 5.41) is 0. The number of anilines is 1. The molecule has 1 heterocycles. The quantitative estimate of drug-likeness (QED) is 0.797. The fourth-order valence-electron chi connectivity index (χ4n) is 2.57. The molecule has 0 bridgehead atoms. The van der Waals surface area contributed by atoms with Crippen LogP contribution in [0, 0.1) is 6.92 Å². The number of carbonyl (C=O) groups excluding carboxylic acids is 1. The number of carbonyl (C=O) groups is 1. The third-order valence-corrected chi connectivity index (χ3v) is 3.75. The number of benzene rings is 1. The second kappa shape index (κ2) is 7.41. The lowest BCUT2D eigenvalue weighted by molar-refractivity contribution is -0.122. The molecule has 1 aliphatic heterocycles. The van der Waals surface area contributed by atoms with Gasteiger partial charge in [0, 0.05) is 25.9 Å². The van der Waals surface area contributed by atoms with Crippen molar-refractivity contribution in [2.24, 2.45) is 0 Å².